The molecule has 0 aromatic carbocycles. The molecule has 0 radical (unpaired) electrons. The molecule has 1 aliphatic heterocycles. The summed E-state index contributed by atoms with van der Waals surface area (Å²) in [5.41, 5.74) is 0. The first-order valence-electron chi connectivity index (χ1n) is 5.88. The number of methoxy groups -OCH3 is 1. The highest BCUT2D eigenvalue weighted by Gasteiger charge is 2.36. The Hall–Kier alpha value is -1.19. The van der Waals surface area contributed by atoms with Gasteiger partial charge in [0.25, 0.3) is 0 Å². The molecule has 0 aromatic heterocycles. The zero-order chi connectivity index (χ0) is 14.5. The van der Waals surface area contributed by atoms with Crippen LogP contribution in [0.4, 0.5) is 0 Å². The zero-order valence-corrected chi connectivity index (χ0v) is 11.5. The number of nitrogens with zero attached hydrogens (tertiary/aromatic N) is 1. The number of carbonyl (C=O) groups is 2. The summed E-state index contributed by atoms with van der Waals surface area (Å²) in [7, 11) is -2.45. The molecule has 1 saturated heterocycles. The average Bonchev–Trinajstić information content (AvgIpc) is 2.38. The number of sulfonamides is 1. The van der Waals surface area contributed by atoms with Gasteiger partial charge in [0.05, 0.1) is 12.9 Å². The lowest BCUT2D eigenvalue weighted by atomic mass is 10.2. The van der Waals surface area contributed by atoms with Crippen LogP contribution in [0.25, 0.3) is 0 Å². The molecule has 1 heterocycles. The van der Waals surface area contributed by atoms with Gasteiger partial charge in [-0.2, -0.15) is 4.31 Å². The molecule has 1 atom stereocenters. The van der Waals surface area contributed by atoms with Gasteiger partial charge < -0.3 is 15.2 Å². The number of rotatable bonds is 6. The molecule has 0 spiro atoms. The van der Waals surface area contributed by atoms with Gasteiger partial charge in [-0.15, -0.1) is 0 Å². The third-order valence-corrected chi connectivity index (χ3v) is 4.80. The second-order valence-electron chi connectivity index (χ2n) is 4.16. The van der Waals surface area contributed by atoms with E-state index in [2.05, 4.69) is 10.1 Å². The second-order valence-corrected chi connectivity index (χ2v) is 6.21. The van der Waals surface area contributed by atoms with E-state index in [-0.39, 0.29) is 31.7 Å². The summed E-state index contributed by atoms with van der Waals surface area (Å²) in [6, 6.07) is -1.09. The molecular formula is C10H18N2O6S. The van der Waals surface area contributed by atoms with Gasteiger partial charge >= 0.3 is 11.9 Å². The quantitative estimate of drug-likeness (QED) is 0.581. The highest BCUT2D eigenvalue weighted by molar-refractivity contribution is 7.89. The van der Waals surface area contributed by atoms with Gasteiger partial charge in [0.15, 0.2) is 0 Å². The Labute approximate surface area is 111 Å². The summed E-state index contributed by atoms with van der Waals surface area (Å²) in [6.45, 7) is 0.628. The van der Waals surface area contributed by atoms with Crippen molar-refractivity contribution in [3.05, 3.63) is 0 Å². The van der Waals surface area contributed by atoms with Crippen LogP contribution in [0.15, 0.2) is 0 Å². The number of aliphatic carboxylic acids is 1. The molecule has 8 nitrogen and oxygen atoms in total. The summed E-state index contributed by atoms with van der Waals surface area (Å²) in [6.07, 6.45) is 0.116. The van der Waals surface area contributed by atoms with Crippen molar-refractivity contribution in [1.82, 2.24) is 9.62 Å². The van der Waals surface area contributed by atoms with Crippen LogP contribution in [0.5, 0.6) is 0 Å². The Bertz CT molecular complexity index is 435. The van der Waals surface area contributed by atoms with Crippen LogP contribution < -0.4 is 5.32 Å². The number of ether oxygens (including phenoxy) is 1. The number of piperazine rings is 1. The Morgan fingerprint density at radius 3 is 2.74 bits per heavy atom. The maximum Gasteiger partial charge on any atom is 0.323 e. The van der Waals surface area contributed by atoms with Crippen molar-refractivity contribution in [3.63, 3.8) is 0 Å². The number of carboxylic acid groups (broad SMARTS) is 1. The van der Waals surface area contributed by atoms with E-state index in [4.69, 9.17) is 5.11 Å². The highest BCUT2D eigenvalue weighted by Crippen LogP contribution is 2.12. The molecule has 0 aromatic rings. The van der Waals surface area contributed by atoms with E-state index >= 15 is 0 Å². The Morgan fingerprint density at radius 2 is 2.16 bits per heavy atom. The molecule has 0 aliphatic carbocycles. The van der Waals surface area contributed by atoms with Crippen molar-refractivity contribution >= 4 is 22.0 Å². The maximum atomic E-state index is 12.1. The molecule has 2 N–H and O–H groups in total. The molecule has 1 fully saturated rings. The molecule has 1 rings (SSSR count). The lowest BCUT2D eigenvalue weighted by molar-refractivity contribution is -0.142. The smallest absolute Gasteiger partial charge is 0.323 e. The van der Waals surface area contributed by atoms with Crippen LogP contribution in [0.2, 0.25) is 0 Å². The van der Waals surface area contributed by atoms with Gasteiger partial charge in [0, 0.05) is 26.1 Å². The monoisotopic (exact) mass is 294 g/mol. The zero-order valence-electron chi connectivity index (χ0n) is 10.7. The van der Waals surface area contributed by atoms with Crippen molar-refractivity contribution in [2.75, 3.05) is 32.5 Å². The van der Waals surface area contributed by atoms with E-state index in [1.54, 1.807) is 0 Å². The molecule has 9 heteroatoms. The number of carboxylic acids is 1. The van der Waals surface area contributed by atoms with Crippen LogP contribution in [0.1, 0.15) is 12.8 Å². The molecule has 0 saturated carbocycles. The SMILES string of the molecule is COC(=O)CCCS(=O)(=O)N1CCNCC1C(=O)O. The van der Waals surface area contributed by atoms with E-state index < -0.39 is 28.0 Å². The number of hydrogen-bond acceptors (Lipinski definition) is 6. The van der Waals surface area contributed by atoms with Gasteiger partial charge in [-0.3, -0.25) is 9.59 Å². The van der Waals surface area contributed by atoms with Crippen LogP contribution in [0.3, 0.4) is 0 Å². The van der Waals surface area contributed by atoms with E-state index in [1.165, 1.54) is 7.11 Å². The Balaban J connectivity index is 2.64. The van der Waals surface area contributed by atoms with Gasteiger partial charge in [-0.25, -0.2) is 8.42 Å². The van der Waals surface area contributed by atoms with Crippen LogP contribution in [-0.2, 0) is 24.3 Å². The standard InChI is InChI=1S/C10H18N2O6S/c1-18-9(13)3-2-6-19(16,17)12-5-4-11-7-8(12)10(14)15/h8,11H,2-7H2,1H3,(H,14,15). The Kier molecular flexibility index (Phi) is 5.70. The lowest BCUT2D eigenvalue weighted by Crippen LogP contribution is -2.57. The summed E-state index contributed by atoms with van der Waals surface area (Å²) in [5, 5.41) is 11.8. The largest absolute Gasteiger partial charge is 0.480 e. The topological polar surface area (TPSA) is 113 Å². The first kappa shape index (κ1) is 15.9. The van der Waals surface area contributed by atoms with E-state index in [0.29, 0.717) is 6.54 Å². The minimum Gasteiger partial charge on any atom is -0.480 e. The minimum atomic E-state index is -3.68. The van der Waals surface area contributed by atoms with Crippen LogP contribution in [-0.4, -0.2) is 68.3 Å². The first-order chi connectivity index (χ1) is 8.88. The van der Waals surface area contributed by atoms with Gasteiger partial charge in [-0.1, -0.05) is 0 Å². The summed E-state index contributed by atoms with van der Waals surface area (Å²) in [4.78, 5) is 21.9. The highest BCUT2D eigenvalue weighted by atomic mass is 32.2. The van der Waals surface area contributed by atoms with Crippen LogP contribution >= 0.6 is 0 Å². The first-order valence-corrected chi connectivity index (χ1v) is 7.49. The van der Waals surface area contributed by atoms with Gasteiger partial charge in [0.2, 0.25) is 10.0 Å². The average molecular weight is 294 g/mol. The van der Waals surface area contributed by atoms with E-state index in [1.807, 2.05) is 0 Å². The van der Waals surface area contributed by atoms with E-state index in [9.17, 15) is 18.0 Å². The Morgan fingerprint density at radius 1 is 1.47 bits per heavy atom. The number of carbonyl (C=O) groups excluding carboxylic acids is 1. The van der Waals surface area contributed by atoms with Crippen molar-refractivity contribution in [2.45, 2.75) is 18.9 Å². The third kappa shape index (κ3) is 4.44. The summed E-state index contributed by atoms with van der Waals surface area (Å²) in [5.74, 6) is -1.92. The predicted molar refractivity (Wildman–Crippen MR) is 66.0 cm³/mol. The molecule has 110 valence electrons. The fraction of sp³-hybridized carbons (Fsp3) is 0.800. The van der Waals surface area contributed by atoms with Crippen LogP contribution in [0, 0.1) is 0 Å². The fourth-order valence-corrected chi connectivity index (χ4v) is 3.51. The van der Waals surface area contributed by atoms with Crippen molar-refractivity contribution in [3.8, 4) is 0 Å². The minimum absolute atomic E-state index is 0.000438. The number of esters is 1. The summed E-state index contributed by atoms with van der Waals surface area (Å²) >= 11 is 0. The fourth-order valence-electron chi connectivity index (χ4n) is 1.85. The molecule has 19 heavy (non-hydrogen) atoms. The molecular weight excluding hydrogens is 276 g/mol. The second kappa shape index (κ2) is 6.83. The number of nitrogens with one attached hydrogen (secondary N) is 1. The third-order valence-electron chi connectivity index (χ3n) is 2.85. The molecule has 1 unspecified atom stereocenters. The molecule has 1 aliphatic rings. The molecule has 0 bridgehead atoms. The van der Waals surface area contributed by atoms with Gasteiger partial charge in [-0.05, 0) is 6.42 Å². The van der Waals surface area contributed by atoms with Crippen molar-refractivity contribution < 1.29 is 27.9 Å². The number of hydrogen-bond donors (Lipinski definition) is 2. The normalized spacial score (nSPS) is 21.0. The van der Waals surface area contributed by atoms with Crippen molar-refractivity contribution in [2.24, 2.45) is 0 Å². The van der Waals surface area contributed by atoms with E-state index in [0.717, 1.165) is 4.31 Å². The molecule has 0 amide bonds. The lowest BCUT2D eigenvalue weighted by Gasteiger charge is -2.32. The van der Waals surface area contributed by atoms with Crippen molar-refractivity contribution in [1.29, 1.82) is 0 Å². The maximum absolute atomic E-state index is 12.1. The van der Waals surface area contributed by atoms with Gasteiger partial charge in [0.1, 0.15) is 6.04 Å². The summed E-state index contributed by atoms with van der Waals surface area (Å²) < 4.78 is 29.5. The predicted octanol–water partition coefficient (Wildman–Crippen LogP) is -1.37.